The second kappa shape index (κ2) is 7.00. The number of hydrogen-bond acceptors (Lipinski definition) is 6. The van der Waals surface area contributed by atoms with E-state index < -0.39 is 10.0 Å². The summed E-state index contributed by atoms with van der Waals surface area (Å²) in [4.78, 5) is 14.6. The molecule has 0 N–H and O–H groups in total. The van der Waals surface area contributed by atoms with E-state index in [0.29, 0.717) is 54.9 Å². The van der Waals surface area contributed by atoms with Gasteiger partial charge in [-0.3, -0.25) is 4.79 Å². The fourth-order valence-corrected chi connectivity index (χ4v) is 5.30. The SMILES string of the molecule is Cc1cc(C(=O)N2CCn3c(nnc3C3CCCCN3S(C)(=O)=O)C2)c(C)o1. The van der Waals surface area contributed by atoms with Gasteiger partial charge in [0.15, 0.2) is 11.6 Å². The van der Waals surface area contributed by atoms with Crippen molar-refractivity contribution in [2.24, 2.45) is 0 Å². The van der Waals surface area contributed by atoms with Crippen LogP contribution >= 0.6 is 0 Å². The number of carbonyl (C=O) groups is 1. The molecular formula is C18H25N5O4S. The number of rotatable bonds is 3. The molecule has 0 aromatic carbocycles. The number of sulfonamides is 1. The van der Waals surface area contributed by atoms with Crippen molar-refractivity contribution in [3.8, 4) is 0 Å². The molecule has 0 spiro atoms. The van der Waals surface area contributed by atoms with Crippen LogP contribution in [0.2, 0.25) is 0 Å². The van der Waals surface area contributed by atoms with Crippen molar-refractivity contribution in [3.63, 3.8) is 0 Å². The highest BCUT2D eigenvalue weighted by Crippen LogP contribution is 2.33. The lowest BCUT2D eigenvalue weighted by atomic mass is 10.0. The van der Waals surface area contributed by atoms with Crippen molar-refractivity contribution in [1.29, 1.82) is 0 Å². The van der Waals surface area contributed by atoms with Gasteiger partial charge in [-0.15, -0.1) is 10.2 Å². The van der Waals surface area contributed by atoms with Crippen LogP contribution in [0, 0.1) is 13.8 Å². The fraction of sp³-hybridized carbons (Fsp3) is 0.611. The van der Waals surface area contributed by atoms with E-state index in [1.54, 1.807) is 17.9 Å². The normalized spacial score (nSPS) is 21.0. The first kappa shape index (κ1) is 19.1. The zero-order chi connectivity index (χ0) is 20.1. The number of furan rings is 1. The highest BCUT2D eigenvalue weighted by molar-refractivity contribution is 7.88. The predicted molar refractivity (Wildman–Crippen MR) is 101 cm³/mol. The third-order valence-electron chi connectivity index (χ3n) is 5.52. The Morgan fingerprint density at radius 2 is 1.96 bits per heavy atom. The Kier molecular flexibility index (Phi) is 4.78. The van der Waals surface area contributed by atoms with E-state index in [1.165, 1.54) is 10.6 Å². The van der Waals surface area contributed by atoms with Gasteiger partial charge in [-0.2, -0.15) is 4.31 Å². The zero-order valence-electron chi connectivity index (χ0n) is 16.4. The lowest BCUT2D eigenvalue weighted by Crippen LogP contribution is -2.41. The number of piperidine rings is 1. The molecule has 4 rings (SSSR count). The average Bonchev–Trinajstić information content (AvgIpc) is 3.22. The molecule has 1 amide bonds. The van der Waals surface area contributed by atoms with Gasteiger partial charge in [0.05, 0.1) is 24.4 Å². The summed E-state index contributed by atoms with van der Waals surface area (Å²) in [5, 5.41) is 8.60. The number of amides is 1. The van der Waals surface area contributed by atoms with Crippen LogP contribution in [0.1, 0.15) is 58.8 Å². The fourth-order valence-electron chi connectivity index (χ4n) is 4.17. The topological polar surface area (TPSA) is 102 Å². The van der Waals surface area contributed by atoms with Crippen molar-refractivity contribution in [1.82, 2.24) is 24.0 Å². The summed E-state index contributed by atoms with van der Waals surface area (Å²) in [6.45, 7) is 5.53. The molecule has 10 heteroatoms. The smallest absolute Gasteiger partial charge is 0.257 e. The first-order valence-electron chi connectivity index (χ1n) is 9.51. The molecule has 9 nitrogen and oxygen atoms in total. The maximum Gasteiger partial charge on any atom is 0.257 e. The number of hydrogen-bond donors (Lipinski definition) is 0. The van der Waals surface area contributed by atoms with Crippen molar-refractivity contribution in [3.05, 3.63) is 34.8 Å². The Morgan fingerprint density at radius 3 is 2.64 bits per heavy atom. The summed E-state index contributed by atoms with van der Waals surface area (Å²) < 4.78 is 33.4. The zero-order valence-corrected chi connectivity index (χ0v) is 17.2. The van der Waals surface area contributed by atoms with Crippen LogP contribution < -0.4 is 0 Å². The maximum absolute atomic E-state index is 12.9. The molecule has 152 valence electrons. The third kappa shape index (κ3) is 3.35. The highest BCUT2D eigenvalue weighted by Gasteiger charge is 2.36. The van der Waals surface area contributed by atoms with Crippen LogP contribution in [-0.4, -0.2) is 57.6 Å². The largest absolute Gasteiger partial charge is 0.466 e. The summed E-state index contributed by atoms with van der Waals surface area (Å²) in [7, 11) is -3.31. The molecule has 28 heavy (non-hydrogen) atoms. The standard InChI is InChI=1S/C18H25N5O4S/c1-12-10-14(13(2)27-12)18(24)21-8-9-22-16(11-21)19-20-17(22)15-6-4-5-7-23(15)28(3,25)26/h10,15H,4-9,11H2,1-3H3. The minimum absolute atomic E-state index is 0.0828. The van der Waals surface area contributed by atoms with Gasteiger partial charge in [-0.05, 0) is 32.8 Å². The molecule has 1 saturated heterocycles. The van der Waals surface area contributed by atoms with Crippen molar-refractivity contribution < 1.29 is 17.6 Å². The van der Waals surface area contributed by atoms with E-state index in [4.69, 9.17) is 4.42 Å². The lowest BCUT2D eigenvalue weighted by molar-refractivity contribution is 0.0703. The summed E-state index contributed by atoms with van der Waals surface area (Å²) >= 11 is 0. The van der Waals surface area contributed by atoms with Gasteiger partial charge in [0.2, 0.25) is 10.0 Å². The van der Waals surface area contributed by atoms with E-state index >= 15 is 0 Å². The van der Waals surface area contributed by atoms with Crippen LogP contribution in [0.25, 0.3) is 0 Å². The Balaban J connectivity index is 1.58. The van der Waals surface area contributed by atoms with Crippen LogP contribution in [0.15, 0.2) is 10.5 Å². The maximum atomic E-state index is 12.9. The van der Waals surface area contributed by atoms with Crippen LogP contribution in [-0.2, 0) is 23.1 Å². The van der Waals surface area contributed by atoms with E-state index in [-0.39, 0.29) is 11.9 Å². The second-order valence-corrected chi connectivity index (χ2v) is 9.50. The summed E-state index contributed by atoms with van der Waals surface area (Å²) in [5.74, 6) is 2.61. The summed E-state index contributed by atoms with van der Waals surface area (Å²) in [6, 6.07) is 1.47. The van der Waals surface area contributed by atoms with Crippen molar-refractivity contribution in [2.75, 3.05) is 19.3 Å². The van der Waals surface area contributed by atoms with Crippen LogP contribution in [0.5, 0.6) is 0 Å². The Labute approximate surface area is 164 Å². The minimum atomic E-state index is -3.31. The van der Waals surface area contributed by atoms with Gasteiger partial charge in [0.25, 0.3) is 5.91 Å². The first-order valence-corrected chi connectivity index (χ1v) is 11.4. The van der Waals surface area contributed by atoms with Gasteiger partial charge < -0.3 is 13.9 Å². The monoisotopic (exact) mass is 407 g/mol. The average molecular weight is 407 g/mol. The molecule has 2 aliphatic rings. The minimum Gasteiger partial charge on any atom is -0.466 e. The molecule has 2 aromatic rings. The van der Waals surface area contributed by atoms with E-state index in [2.05, 4.69) is 10.2 Å². The Hall–Kier alpha value is -2.20. The highest BCUT2D eigenvalue weighted by atomic mass is 32.2. The molecule has 1 unspecified atom stereocenters. The van der Waals surface area contributed by atoms with Gasteiger partial charge in [-0.1, -0.05) is 6.42 Å². The van der Waals surface area contributed by atoms with Crippen LogP contribution in [0.4, 0.5) is 0 Å². The second-order valence-electron chi connectivity index (χ2n) is 7.56. The molecular weight excluding hydrogens is 382 g/mol. The van der Waals surface area contributed by atoms with Crippen molar-refractivity contribution in [2.45, 2.75) is 52.2 Å². The third-order valence-corrected chi connectivity index (χ3v) is 6.81. The Morgan fingerprint density at radius 1 is 1.18 bits per heavy atom. The van der Waals surface area contributed by atoms with Crippen molar-refractivity contribution >= 4 is 15.9 Å². The molecule has 0 bridgehead atoms. The molecule has 2 aliphatic heterocycles. The predicted octanol–water partition coefficient (Wildman–Crippen LogP) is 1.63. The Bertz CT molecular complexity index is 1010. The molecule has 1 atom stereocenters. The number of aryl methyl sites for hydroxylation is 2. The van der Waals surface area contributed by atoms with Crippen LogP contribution in [0.3, 0.4) is 0 Å². The van der Waals surface area contributed by atoms with Gasteiger partial charge >= 0.3 is 0 Å². The number of carbonyl (C=O) groups excluding carboxylic acids is 1. The molecule has 0 aliphatic carbocycles. The molecule has 4 heterocycles. The van der Waals surface area contributed by atoms with Gasteiger partial charge in [0.1, 0.15) is 11.5 Å². The lowest BCUT2D eigenvalue weighted by Gasteiger charge is -2.34. The molecule has 0 saturated carbocycles. The van der Waals surface area contributed by atoms with E-state index in [1.807, 2.05) is 11.5 Å². The number of nitrogens with zero attached hydrogens (tertiary/aromatic N) is 5. The number of fused-ring (bicyclic) bond motifs is 1. The van der Waals surface area contributed by atoms with E-state index in [0.717, 1.165) is 19.3 Å². The summed E-state index contributed by atoms with van der Waals surface area (Å²) in [6.07, 6.45) is 3.80. The quantitative estimate of drug-likeness (QED) is 0.766. The summed E-state index contributed by atoms with van der Waals surface area (Å²) in [5.41, 5.74) is 0.571. The molecule has 0 radical (unpaired) electrons. The van der Waals surface area contributed by atoms with E-state index in [9.17, 15) is 13.2 Å². The molecule has 1 fully saturated rings. The number of aromatic nitrogens is 3. The van der Waals surface area contributed by atoms with Gasteiger partial charge in [-0.25, -0.2) is 8.42 Å². The first-order chi connectivity index (χ1) is 13.3. The van der Waals surface area contributed by atoms with Gasteiger partial charge in [0, 0.05) is 19.6 Å². The molecule has 2 aromatic heterocycles.